The minimum absolute atomic E-state index is 0.114. The molecule has 17 heavy (non-hydrogen) atoms. The van der Waals surface area contributed by atoms with Gasteiger partial charge in [-0.1, -0.05) is 6.92 Å². The Morgan fingerprint density at radius 3 is 2.76 bits per heavy atom. The maximum Gasteiger partial charge on any atom is 0.132 e. The summed E-state index contributed by atoms with van der Waals surface area (Å²) < 4.78 is 4.37. The first-order valence-corrected chi connectivity index (χ1v) is 8.40. The van der Waals surface area contributed by atoms with Crippen LogP contribution in [0, 0.1) is 7.40 Å². The SMILES string of the molecule is CCC(N)C(c1ccsc1)n1cnc(I)c1I. The number of aromatic nitrogens is 2. The Bertz CT molecular complexity index is 481. The van der Waals surface area contributed by atoms with Crippen LogP contribution in [0.4, 0.5) is 0 Å². The van der Waals surface area contributed by atoms with Gasteiger partial charge in [0, 0.05) is 6.04 Å². The molecule has 0 aliphatic carbocycles. The molecule has 6 heteroatoms. The maximum absolute atomic E-state index is 6.27. The highest BCUT2D eigenvalue weighted by Gasteiger charge is 2.23. The van der Waals surface area contributed by atoms with Crippen LogP contribution in [0.5, 0.6) is 0 Å². The van der Waals surface area contributed by atoms with E-state index in [0.717, 1.165) is 13.8 Å². The van der Waals surface area contributed by atoms with Gasteiger partial charge in [0.05, 0.1) is 12.4 Å². The predicted molar refractivity (Wildman–Crippen MR) is 88.4 cm³/mol. The van der Waals surface area contributed by atoms with Crippen LogP contribution in [0.2, 0.25) is 0 Å². The summed E-state index contributed by atoms with van der Waals surface area (Å²) in [6.07, 6.45) is 2.84. The lowest BCUT2D eigenvalue weighted by Crippen LogP contribution is -2.32. The molecule has 3 nitrogen and oxygen atoms in total. The minimum atomic E-state index is 0.114. The van der Waals surface area contributed by atoms with Crippen molar-refractivity contribution in [3.63, 3.8) is 0 Å². The molecular weight excluding hydrogens is 460 g/mol. The Morgan fingerprint density at radius 1 is 1.53 bits per heavy atom. The second kappa shape index (κ2) is 5.98. The summed E-state index contributed by atoms with van der Waals surface area (Å²) in [4.78, 5) is 4.35. The van der Waals surface area contributed by atoms with Crippen LogP contribution in [0.15, 0.2) is 23.2 Å². The smallest absolute Gasteiger partial charge is 0.132 e. The van der Waals surface area contributed by atoms with Gasteiger partial charge in [0.15, 0.2) is 0 Å². The highest BCUT2D eigenvalue weighted by molar-refractivity contribution is 14.1. The van der Waals surface area contributed by atoms with E-state index in [1.54, 1.807) is 11.3 Å². The van der Waals surface area contributed by atoms with Gasteiger partial charge < -0.3 is 10.3 Å². The van der Waals surface area contributed by atoms with E-state index in [9.17, 15) is 0 Å². The summed E-state index contributed by atoms with van der Waals surface area (Å²) in [7, 11) is 0. The molecular formula is C11H13I2N3S. The van der Waals surface area contributed by atoms with Crippen LogP contribution in [0.25, 0.3) is 0 Å². The van der Waals surface area contributed by atoms with Crippen LogP contribution < -0.4 is 5.73 Å². The van der Waals surface area contributed by atoms with Crippen LogP contribution in [-0.2, 0) is 0 Å². The van der Waals surface area contributed by atoms with Gasteiger partial charge in [-0.25, -0.2) is 4.98 Å². The second-order valence-corrected chi connectivity index (χ2v) is 6.63. The van der Waals surface area contributed by atoms with Crippen LogP contribution in [0.1, 0.15) is 24.9 Å². The molecule has 0 aromatic carbocycles. The van der Waals surface area contributed by atoms with E-state index in [4.69, 9.17) is 5.73 Å². The van der Waals surface area contributed by atoms with Crippen molar-refractivity contribution in [2.45, 2.75) is 25.4 Å². The van der Waals surface area contributed by atoms with Gasteiger partial charge in [0.25, 0.3) is 0 Å². The summed E-state index contributed by atoms with van der Waals surface area (Å²) in [5, 5.41) is 4.27. The first-order valence-electron chi connectivity index (χ1n) is 5.30. The van der Waals surface area contributed by atoms with Crippen molar-refractivity contribution in [1.29, 1.82) is 0 Å². The third kappa shape index (κ3) is 2.85. The molecule has 2 N–H and O–H groups in total. The average Bonchev–Trinajstić information content (AvgIpc) is 2.94. The number of imidazole rings is 1. The molecule has 0 fully saturated rings. The van der Waals surface area contributed by atoms with Crippen molar-refractivity contribution in [3.05, 3.63) is 36.1 Å². The molecule has 0 aliphatic heterocycles. The van der Waals surface area contributed by atoms with E-state index in [2.05, 4.69) is 78.5 Å². The fourth-order valence-corrected chi connectivity index (χ4v) is 3.45. The summed E-state index contributed by atoms with van der Waals surface area (Å²) in [5.74, 6) is 0. The molecule has 0 bridgehead atoms. The molecule has 2 unspecified atom stereocenters. The molecule has 0 radical (unpaired) electrons. The topological polar surface area (TPSA) is 43.8 Å². The van der Waals surface area contributed by atoms with Gasteiger partial charge in [-0.2, -0.15) is 11.3 Å². The van der Waals surface area contributed by atoms with Gasteiger partial charge in [-0.3, -0.25) is 0 Å². The molecule has 0 aliphatic rings. The monoisotopic (exact) mass is 473 g/mol. The molecule has 0 saturated carbocycles. The van der Waals surface area contributed by atoms with Crippen LogP contribution in [-0.4, -0.2) is 15.6 Å². The lowest BCUT2D eigenvalue weighted by atomic mass is 10.0. The second-order valence-electron chi connectivity index (χ2n) is 3.81. The fraction of sp³-hybridized carbons (Fsp3) is 0.364. The molecule has 0 amide bonds. The average molecular weight is 473 g/mol. The zero-order valence-electron chi connectivity index (χ0n) is 9.31. The van der Waals surface area contributed by atoms with Crippen molar-refractivity contribution in [1.82, 2.24) is 9.55 Å². The van der Waals surface area contributed by atoms with Crippen molar-refractivity contribution in [2.75, 3.05) is 0 Å². The van der Waals surface area contributed by atoms with Crippen molar-refractivity contribution in [2.24, 2.45) is 5.73 Å². The van der Waals surface area contributed by atoms with Gasteiger partial charge in [0.1, 0.15) is 7.40 Å². The zero-order chi connectivity index (χ0) is 12.4. The number of halogens is 2. The van der Waals surface area contributed by atoms with E-state index in [1.807, 2.05) is 6.33 Å². The largest absolute Gasteiger partial charge is 0.326 e. The van der Waals surface area contributed by atoms with Crippen molar-refractivity contribution >= 4 is 56.5 Å². The normalized spacial score (nSPS) is 14.8. The lowest BCUT2D eigenvalue weighted by Gasteiger charge is -2.24. The lowest BCUT2D eigenvalue weighted by molar-refractivity contribution is 0.453. The van der Waals surface area contributed by atoms with Gasteiger partial charge in [-0.15, -0.1) is 0 Å². The minimum Gasteiger partial charge on any atom is -0.326 e. The Hall–Kier alpha value is 0.330. The Morgan fingerprint density at radius 2 is 2.29 bits per heavy atom. The van der Waals surface area contributed by atoms with E-state index in [-0.39, 0.29) is 12.1 Å². The van der Waals surface area contributed by atoms with Gasteiger partial charge in [0.2, 0.25) is 0 Å². The highest BCUT2D eigenvalue weighted by atomic mass is 127. The number of nitrogens with two attached hydrogens (primary N) is 1. The standard InChI is InChI=1S/C11H13I2N3S/c1-2-8(14)9(7-3-4-17-5-7)16-6-15-10(12)11(16)13/h3-6,8-9H,2,14H2,1H3. The Kier molecular flexibility index (Phi) is 4.84. The fourth-order valence-electron chi connectivity index (χ4n) is 1.80. The summed E-state index contributed by atoms with van der Waals surface area (Å²) >= 11 is 6.29. The third-order valence-corrected chi connectivity index (χ3v) is 6.34. The first-order chi connectivity index (χ1) is 8.15. The molecule has 2 aromatic rings. The molecule has 2 aromatic heterocycles. The van der Waals surface area contributed by atoms with Crippen LogP contribution >= 0.6 is 56.5 Å². The van der Waals surface area contributed by atoms with Crippen molar-refractivity contribution in [3.8, 4) is 0 Å². The number of hydrogen-bond donors (Lipinski definition) is 1. The molecule has 2 heterocycles. The van der Waals surface area contributed by atoms with Gasteiger partial charge in [-0.05, 0) is 74.0 Å². The molecule has 2 rings (SSSR count). The molecule has 92 valence electrons. The quantitative estimate of drug-likeness (QED) is 0.692. The number of rotatable bonds is 4. The van der Waals surface area contributed by atoms with E-state index < -0.39 is 0 Å². The van der Waals surface area contributed by atoms with Crippen LogP contribution in [0.3, 0.4) is 0 Å². The maximum atomic E-state index is 6.27. The van der Waals surface area contributed by atoms with E-state index >= 15 is 0 Å². The van der Waals surface area contributed by atoms with E-state index in [1.165, 1.54) is 5.56 Å². The third-order valence-electron chi connectivity index (χ3n) is 2.75. The summed E-state index contributed by atoms with van der Waals surface area (Å²) in [6, 6.07) is 2.45. The molecule has 2 atom stereocenters. The van der Waals surface area contributed by atoms with E-state index in [0.29, 0.717) is 0 Å². The van der Waals surface area contributed by atoms with Gasteiger partial charge >= 0.3 is 0 Å². The predicted octanol–water partition coefficient (Wildman–Crippen LogP) is 3.48. The Balaban J connectivity index is 2.44. The number of nitrogens with zero attached hydrogens (tertiary/aromatic N) is 2. The Labute approximate surface area is 132 Å². The summed E-state index contributed by atoms with van der Waals surface area (Å²) in [5.41, 5.74) is 7.54. The molecule has 0 saturated heterocycles. The molecule has 0 spiro atoms. The first kappa shape index (κ1) is 13.8. The van der Waals surface area contributed by atoms with Crippen molar-refractivity contribution < 1.29 is 0 Å². The number of thiophene rings is 1. The number of hydrogen-bond acceptors (Lipinski definition) is 3. The highest BCUT2D eigenvalue weighted by Crippen LogP contribution is 2.28. The summed E-state index contributed by atoms with van der Waals surface area (Å²) in [6.45, 7) is 2.12. The zero-order valence-corrected chi connectivity index (χ0v) is 14.4.